The fraction of sp³-hybridized carbons (Fsp3) is 0.400. The topological polar surface area (TPSA) is 138 Å². The number of nitrogens with zero attached hydrogens (tertiary/aromatic N) is 4. The molecule has 1 aliphatic heterocycles. The lowest BCUT2D eigenvalue weighted by molar-refractivity contribution is 0.141. The van der Waals surface area contributed by atoms with Gasteiger partial charge in [0.2, 0.25) is 5.95 Å². The molecule has 1 amide bonds. The zero-order chi connectivity index (χ0) is 30.1. The number of anilines is 2. The summed E-state index contributed by atoms with van der Waals surface area (Å²) in [6.45, 7) is 2.99. The number of carbonyl (C=O) groups excluding carboxylic acids is 1. The maximum Gasteiger partial charge on any atom is 0.407 e. The van der Waals surface area contributed by atoms with Crippen molar-refractivity contribution in [2.24, 2.45) is 11.7 Å². The molecule has 0 radical (unpaired) electrons. The lowest BCUT2D eigenvalue weighted by Crippen LogP contribution is -2.54. The summed E-state index contributed by atoms with van der Waals surface area (Å²) in [5.74, 6) is -0.931. The number of ether oxygens (including phenoxy) is 3. The largest absolute Gasteiger partial charge is 0.488 e. The highest BCUT2D eigenvalue weighted by molar-refractivity contribution is 5.68. The number of hydrogen-bond acceptors (Lipinski definition) is 9. The van der Waals surface area contributed by atoms with E-state index in [2.05, 4.69) is 32.6 Å². The van der Waals surface area contributed by atoms with Gasteiger partial charge in [0.15, 0.2) is 0 Å². The summed E-state index contributed by atoms with van der Waals surface area (Å²) >= 11 is 0. The average Bonchev–Trinajstić information content (AvgIpc) is 3.64. The molecule has 4 heterocycles. The molecule has 4 N–H and O–H groups in total. The summed E-state index contributed by atoms with van der Waals surface area (Å²) in [4.78, 5) is 20.6. The Morgan fingerprint density at radius 2 is 1.98 bits per heavy atom. The molecule has 0 bridgehead atoms. The molecule has 226 valence electrons. The number of nitrogens with two attached hydrogens (primary N) is 1. The van der Waals surface area contributed by atoms with E-state index < -0.39 is 17.7 Å². The lowest BCUT2D eigenvalue weighted by atomic mass is 9.73. The number of alkyl carbamates (subject to hydrolysis) is 1. The van der Waals surface area contributed by atoms with Gasteiger partial charge < -0.3 is 30.6 Å². The molecule has 11 nitrogen and oxygen atoms in total. The second-order valence-corrected chi connectivity index (χ2v) is 11.1. The molecule has 1 saturated carbocycles. The number of pyridine rings is 1. The molecule has 43 heavy (non-hydrogen) atoms. The highest BCUT2D eigenvalue weighted by Crippen LogP contribution is 2.39. The van der Waals surface area contributed by atoms with Gasteiger partial charge in [-0.1, -0.05) is 6.92 Å². The summed E-state index contributed by atoms with van der Waals surface area (Å²) < 4.78 is 47.6. The number of methoxy groups -OCH3 is 1. The summed E-state index contributed by atoms with van der Waals surface area (Å²) in [7, 11) is 1.33. The van der Waals surface area contributed by atoms with E-state index >= 15 is 8.78 Å². The maximum absolute atomic E-state index is 15.2. The molecule has 1 unspecified atom stereocenters. The van der Waals surface area contributed by atoms with Gasteiger partial charge in [-0.3, -0.25) is 4.98 Å². The normalized spacial score (nSPS) is 23.7. The van der Waals surface area contributed by atoms with Crippen LogP contribution in [0.4, 0.5) is 25.2 Å². The van der Waals surface area contributed by atoms with E-state index in [1.54, 1.807) is 30.7 Å². The fourth-order valence-electron chi connectivity index (χ4n) is 6.04. The number of halogens is 2. The van der Waals surface area contributed by atoms with Crippen molar-refractivity contribution >= 4 is 23.2 Å². The van der Waals surface area contributed by atoms with Crippen molar-refractivity contribution in [2.45, 2.75) is 50.3 Å². The summed E-state index contributed by atoms with van der Waals surface area (Å²) in [6, 6.07) is 7.02. The van der Waals surface area contributed by atoms with E-state index in [9.17, 15) is 4.79 Å². The van der Waals surface area contributed by atoms with Crippen LogP contribution in [0.15, 0.2) is 48.9 Å². The van der Waals surface area contributed by atoms with Crippen LogP contribution in [-0.2, 0) is 9.47 Å². The molecule has 0 spiro atoms. The molecule has 1 aliphatic carbocycles. The zero-order valence-corrected chi connectivity index (χ0v) is 23.8. The Kier molecular flexibility index (Phi) is 8.08. The number of nitrogens with one attached hydrogen (secondary N) is 2. The first kappa shape index (κ1) is 28.7. The van der Waals surface area contributed by atoms with Crippen LogP contribution in [0.1, 0.15) is 37.7 Å². The standard InChI is InChI=1S/C30H33F2N7O4/c1-16-9-17(10-24(33)28(16)37-30(40)41-2)21-5-7-34-14-26(21)36-29-35-13-18-3-4-25(38-39(18)29)27-22(31)11-20(12-23(27)32)43-19-6-8-42-15-19/h3-5,7,11-14,16-17,19,24,28H,6,8-10,15,33H2,1-2H3,(H,35,36)(H,37,40)/t16-,17+,19?,24+,28-/m0/s1. The molecule has 2 fully saturated rings. The number of aromatic nitrogens is 4. The summed E-state index contributed by atoms with van der Waals surface area (Å²) in [6.07, 6.45) is 6.37. The van der Waals surface area contributed by atoms with E-state index in [0.29, 0.717) is 43.2 Å². The van der Waals surface area contributed by atoms with Gasteiger partial charge in [0.1, 0.15) is 23.5 Å². The molecule has 13 heteroatoms. The van der Waals surface area contributed by atoms with E-state index in [4.69, 9.17) is 19.9 Å². The Balaban J connectivity index is 1.25. The van der Waals surface area contributed by atoms with E-state index in [1.807, 2.05) is 6.07 Å². The maximum atomic E-state index is 15.2. The van der Waals surface area contributed by atoms with Crippen LogP contribution in [0.3, 0.4) is 0 Å². The number of rotatable bonds is 7. The molecule has 5 atom stereocenters. The zero-order valence-electron chi connectivity index (χ0n) is 23.8. The first-order valence-electron chi connectivity index (χ1n) is 14.2. The van der Waals surface area contributed by atoms with Gasteiger partial charge in [0.25, 0.3) is 0 Å². The Bertz CT molecular complexity index is 1590. The molecule has 3 aromatic heterocycles. The van der Waals surface area contributed by atoms with Gasteiger partial charge in [-0.05, 0) is 48.4 Å². The first-order valence-corrected chi connectivity index (χ1v) is 14.2. The fourth-order valence-corrected chi connectivity index (χ4v) is 6.04. The van der Waals surface area contributed by atoms with Crippen molar-refractivity contribution in [2.75, 3.05) is 25.6 Å². The van der Waals surface area contributed by atoms with Crippen LogP contribution in [0.25, 0.3) is 16.8 Å². The van der Waals surface area contributed by atoms with Gasteiger partial charge in [-0.15, -0.1) is 0 Å². The van der Waals surface area contributed by atoms with E-state index in [0.717, 1.165) is 12.0 Å². The molecule has 6 rings (SSSR count). The Morgan fingerprint density at radius 3 is 2.70 bits per heavy atom. The highest BCUT2D eigenvalue weighted by Gasteiger charge is 2.36. The monoisotopic (exact) mass is 593 g/mol. The first-order chi connectivity index (χ1) is 20.8. The smallest absolute Gasteiger partial charge is 0.407 e. The minimum atomic E-state index is -0.785. The second-order valence-electron chi connectivity index (χ2n) is 11.1. The van der Waals surface area contributed by atoms with Crippen molar-refractivity contribution < 1.29 is 27.8 Å². The molecule has 1 saturated heterocycles. The predicted octanol–water partition coefficient (Wildman–Crippen LogP) is 4.55. The average molecular weight is 594 g/mol. The van der Waals surface area contributed by atoms with Gasteiger partial charge in [-0.2, -0.15) is 9.61 Å². The van der Waals surface area contributed by atoms with Gasteiger partial charge in [0, 0.05) is 36.8 Å². The molecular formula is C30H33F2N7O4. The van der Waals surface area contributed by atoms with Crippen molar-refractivity contribution in [3.8, 4) is 17.0 Å². The Morgan fingerprint density at radius 1 is 1.16 bits per heavy atom. The van der Waals surface area contributed by atoms with E-state index in [1.165, 1.54) is 23.8 Å². The predicted molar refractivity (Wildman–Crippen MR) is 154 cm³/mol. The SMILES string of the molecule is COC(=O)N[C@@H]1[C@H](N)C[C@H](c2ccncc2Nc2ncc3ccc(-c4c(F)cc(OC5CCOC5)cc4F)nn23)C[C@@H]1C. The van der Waals surface area contributed by atoms with Crippen molar-refractivity contribution in [1.29, 1.82) is 0 Å². The number of carbonyl (C=O) groups is 1. The van der Waals surface area contributed by atoms with Crippen molar-refractivity contribution in [3.05, 3.63) is 66.1 Å². The third kappa shape index (κ3) is 5.95. The van der Waals surface area contributed by atoms with Crippen LogP contribution < -0.4 is 21.1 Å². The Labute approximate surface area is 246 Å². The van der Waals surface area contributed by atoms with Crippen LogP contribution >= 0.6 is 0 Å². The summed E-state index contributed by atoms with van der Waals surface area (Å²) in [5, 5.41) is 10.7. The summed E-state index contributed by atoms with van der Waals surface area (Å²) in [5.41, 5.74) is 8.66. The molecule has 4 aromatic rings. The third-order valence-electron chi connectivity index (χ3n) is 8.14. The van der Waals surface area contributed by atoms with Gasteiger partial charge in [0.05, 0.1) is 55.2 Å². The van der Waals surface area contributed by atoms with Crippen LogP contribution in [0.5, 0.6) is 5.75 Å². The Hall–Kier alpha value is -4.36. The van der Waals surface area contributed by atoms with Crippen molar-refractivity contribution in [3.63, 3.8) is 0 Å². The number of benzene rings is 1. The molecule has 1 aromatic carbocycles. The minimum absolute atomic E-state index is 0.0839. The number of hydrogen-bond donors (Lipinski definition) is 3. The van der Waals surface area contributed by atoms with Gasteiger partial charge >= 0.3 is 6.09 Å². The number of fused-ring (bicyclic) bond motifs is 1. The van der Waals surface area contributed by atoms with Gasteiger partial charge in [-0.25, -0.2) is 18.6 Å². The molecular weight excluding hydrogens is 560 g/mol. The minimum Gasteiger partial charge on any atom is -0.488 e. The lowest BCUT2D eigenvalue weighted by Gasteiger charge is -2.39. The quantitative estimate of drug-likeness (QED) is 0.282. The highest BCUT2D eigenvalue weighted by atomic mass is 19.1. The third-order valence-corrected chi connectivity index (χ3v) is 8.14. The number of amides is 1. The number of imidazole rings is 1. The van der Waals surface area contributed by atoms with Crippen LogP contribution in [-0.4, -0.2) is 64.2 Å². The second kappa shape index (κ2) is 12.1. The molecule has 2 aliphatic rings. The van der Waals surface area contributed by atoms with E-state index in [-0.39, 0.29) is 47.0 Å². The van der Waals surface area contributed by atoms with Crippen LogP contribution in [0.2, 0.25) is 0 Å². The van der Waals surface area contributed by atoms with Crippen molar-refractivity contribution in [1.82, 2.24) is 24.9 Å². The van der Waals surface area contributed by atoms with Crippen LogP contribution in [0, 0.1) is 17.6 Å².